The van der Waals surface area contributed by atoms with E-state index in [2.05, 4.69) is 0 Å². The largest absolute Gasteiger partial charge is 0.459 e. The summed E-state index contributed by atoms with van der Waals surface area (Å²) in [4.78, 5) is 11.6. The highest BCUT2D eigenvalue weighted by Gasteiger charge is 2.15. The Morgan fingerprint density at radius 1 is 1.38 bits per heavy atom. The van der Waals surface area contributed by atoms with Gasteiger partial charge in [-0.1, -0.05) is 13.8 Å². The highest BCUT2D eigenvalue weighted by atomic mass is 19.1. The van der Waals surface area contributed by atoms with Gasteiger partial charge in [0.25, 0.3) is 0 Å². The molecule has 0 aliphatic carbocycles. The van der Waals surface area contributed by atoms with Crippen molar-refractivity contribution >= 4 is 11.7 Å². The van der Waals surface area contributed by atoms with E-state index in [-0.39, 0.29) is 23.3 Å². The lowest BCUT2D eigenvalue weighted by Crippen LogP contribution is -2.20. The molecule has 1 aromatic carbocycles. The van der Waals surface area contributed by atoms with Gasteiger partial charge in [0.2, 0.25) is 0 Å². The summed E-state index contributed by atoms with van der Waals surface area (Å²) in [5, 5.41) is 0. The van der Waals surface area contributed by atoms with Crippen molar-refractivity contribution in [3.05, 3.63) is 29.6 Å². The van der Waals surface area contributed by atoms with Gasteiger partial charge >= 0.3 is 5.97 Å². The smallest absolute Gasteiger partial charge is 0.338 e. The standard InChI is InChI=1S/C12H16FNO2/c1-7(2)8(3)16-12(15)9-4-5-11(14)10(13)6-9/h4-8H,14H2,1-3H3. The number of anilines is 1. The zero-order valence-electron chi connectivity index (χ0n) is 9.66. The van der Waals surface area contributed by atoms with E-state index in [0.29, 0.717) is 0 Å². The molecule has 2 N–H and O–H groups in total. The van der Waals surface area contributed by atoms with E-state index in [4.69, 9.17) is 10.5 Å². The van der Waals surface area contributed by atoms with Crippen LogP contribution in [0.25, 0.3) is 0 Å². The minimum atomic E-state index is -0.605. The average Bonchev–Trinajstić information content (AvgIpc) is 2.21. The van der Waals surface area contributed by atoms with Crippen LogP contribution in [0.5, 0.6) is 0 Å². The quantitative estimate of drug-likeness (QED) is 0.635. The molecule has 88 valence electrons. The number of esters is 1. The van der Waals surface area contributed by atoms with E-state index >= 15 is 0 Å². The lowest BCUT2D eigenvalue weighted by atomic mass is 10.1. The maximum absolute atomic E-state index is 13.1. The molecule has 1 rings (SSSR count). The van der Waals surface area contributed by atoms with Gasteiger partial charge in [-0.3, -0.25) is 0 Å². The van der Waals surface area contributed by atoms with Crippen LogP contribution in [0.4, 0.5) is 10.1 Å². The van der Waals surface area contributed by atoms with E-state index in [1.807, 2.05) is 13.8 Å². The first kappa shape index (κ1) is 12.5. The Morgan fingerprint density at radius 2 is 2.00 bits per heavy atom. The molecule has 1 atom stereocenters. The Kier molecular flexibility index (Phi) is 3.88. The molecule has 4 heteroatoms. The first-order valence-electron chi connectivity index (χ1n) is 5.18. The molecule has 0 aliphatic rings. The van der Waals surface area contributed by atoms with Crippen molar-refractivity contribution < 1.29 is 13.9 Å². The van der Waals surface area contributed by atoms with E-state index < -0.39 is 11.8 Å². The molecule has 0 spiro atoms. The first-order chi connectivity index (χ1) is 7.41. The SMILES string of the molecule is CC(C)C(C)OC(=O)c1ccc(N)c(F)c1. The van der Waals surface area contributed by atoms with Gasteiger partial charge in [-0.25, -0.2) is 9.18 Å². The van der Waals surface area contributed by atoms with Crippen LogP contribution in [0.15, 0.2) is 18.2 Å². The highest BCUT2D eigenvalue weighted by Crippen LogP contribution is 2.15. The number of carbonyl (C=O) groups is 1. The summed E-state index contributed by atoms with van der Waals surface area (Å²) in [6.07, 6.45) is -0.201. The Morgan fingerprint density at radius 3 is 2.50 bits per heavy atom. The minimum Gasteiger partial charge on any atom is -0.459 e. The Hall–Kier alpha value is -1.58. The number of nitrogens with two attached hydrogens (primary N) is 1. The Balaban J connectivity index is 2.77. The number of hydrogen-bond acceptors (Lipinski definition) is 3. The Bertz CT molecular complexity index is 391. The van der Waals surface area contributed by atoms with Gasteiger partial charge in [-0.2, -0.15) is 0 Å². The lowest BCUT2D eigenvalue weighted by molar-refractivity contribution is 0.0237. The molecule has 0 aromatic heterocycles. The van der Waals surface area contributed by atoms with Crippen LogP contribution in [0.2, 0.25) is 0 Å². The monoisotopic (exact) mass is 225 g/mol. The van der Waals surface area contributed by atoms with Crippen molar-refractivity contribution in [1.29, 1.82) is 0 Å². The fourth-order valence-corrected chi connectivity index (χ4v) is 1.03. The number of hydrogen-bond donors (Lipinski definition) is 1. The first-order valence-corrected chi connectivity index (χ1v) is 5.18. The van der Waals surface area contributed by atoms with Crippen LogP contribution in [0.3, 0.4) is 0 Å². The second-order valence-corrected chi connectivity index (χ2v) is 4.09. The van der Waals surface area contributed by atoms with Gasteiger partial charge in [0, 0.05) is 0 Å². The van der Waals surface area contributed by atoms with E-state index in [1.165, 1.54) is 12.1 Å². The summed E-state index contributed by atoms with van der Waals surface area (Å²) in [5.41, 5.74) is 5.51. The summed E-state index contributed by atoms with van der Waals surface area (Å²) < 4.78 is 18.2. The minimum absolute atomic E-state index is 0.0217. The average molecular weight is 225 g/mol. The lowest BCUT2D eigenvalue weighted by Gasteiger charge is -2.16. The van der Waals surface area contributed by atoms with Gasteiger partial charge < -0.3 is 10.5 Å². The summed E-state index contributed by atoms with van der Waals surface area (Å²) in [5.74, 6) is -0.908. The van der Waals surface area contributed by atoms with E-state index in [1.54, 1.807) is 6.92 Å². The normalized spacial score (nSPS) is 12.6. The zero-order chi connectivity index (χ0) is 12.3. The molecule has 0 heterocycles. The zero-order valence-corrected chi connectivity index (χ0v) is 9.66. The topological polar surface area (TPSA) is 52.3 Å². The molecule has 0 saturated carbocycles. The predicted octanol–water partition coefficient (Wildman–Crippen LogP) is 2.61. The summed E-state index contributed by atoms with van der Waals surface area (Å²) in [6.45, 7) is 5.69. The maximum Gasteiger partial charge on any atom is 0.338 e. The molecule has 0 amide bonds. The molecular weight excluding hydrogens is 209 g/mol. The molecule has 1 unspecified atom stereocenters. The summed E-state index contributed by atoms with van der Waals surface area (Å²) >= 11 is 0. The third kappa shape index (κ3) is 2.95. The van der Waals surface area contributed by atoms with Crippen LogP contribution < -0.4 is 5.73 Å². The molecule has 0 radical (unpaired) electrons. The van der Waals surface area contributed by atoms with Crippen molar-refractivity contribution in [1.82, 2.24) is 0 Å². The van der Waals surface area contributed by atoms with E-state index in [9.17, 15) is 9.18 Å². The van der Waals surface area contributed by atoms with Gasteiger partial charge in [-0.15, -0.1) is 0 Å². The van der Waals surface area contributed by atoms with Gasteiger partial charge in [-0.05, 0) is 31.0 Å². The molecule has 0 bridgehead atoms. The number of halogens is 1. The van der Waals surface area contributed by atoms with Crippen LogP contribution in [0, 0.1) is 11.7 Å². The van der Waals surface area contributed by atoms with Crippen molar-refractivity contribution in [3.63, 3.8) is 0 Å². The van der Waals surface area contributed by atoms with Crippen molar-refractivity contribution in [2.75, 3.05) is 5.73 Å². The molecule has 0 fully saturated rings. The predicted molar refractivity (Wildman–Crippen MR) is 60.5 cm³/mol. The van der Waals surface area contributed by atoms with Gasteiger partial charge in [0.1, 0.15) is 11.9 Å². The number of ether oxygens (including phenoxy) is 1. The van der Waals surface area contributed by atoms with Crippen LogP contribution in [-0.2, 0) is 4.74 Å². The van der Waals surface area contributed by atoms with Crippen molar-refractivity contribution in [2.24, 2.45) is 5.92 Å². The number of carbonyl (C=O) groups excluding carboxylic acids is 1. The van der Waals surface area contributed by atoms with Crippen LogP contribution in [-0.4, -0.2) is 12.1 Å². The number of nitrogen functional groups attached to an aromatic ring is 1. The third-order valence-electron chi connectivity index (χ3n) is 2.47. The Labute approximate surface area is 94.4 Å². The van der Waals surface area contributed by atoms with Crippen molar-refractivity contribution in [3.8, 4) is 0 Å². The van der Waals surface area contributed by atoms with Crippen molar-refractivity contribution in [2.45, 2.75) is 26.9 Å². The summed E-state index contributed by atoms with van der Waals surface area (Å²) in [7, 11) is 0. The third-order valence-corrected chi connectivity index (χ3v) is 2.47. The van der Waals surface area contributed by atoms with Crippen LogP contribution in [0.1, 0.15) is 31.1 Å². The molecule has 0 aliphatic heterocycles. The maximum atomic E-state index is 13.1. The molecule has 3 nitrogen and oxygen atoms in total. The van der Waals surface area contributed by atoms with E-state index in [0.717, 1.165) is 6.07 Å². The number of benzene rings is 1. The molecule has 1 aromatic rings. The van der Waals surface area contributed by atoms with Gasteiger partial charge in [0.15, 0.2) is 0 Å². The number of rotatable bonds is 3. The molecule has 16 heavy (non-hydrogen) atoms. The fourth-order valence-electron chi connectivity index (χ4n) is 1.03. The highest BCUT2D eigenvalue weighted by molar-refractivity contribution is 5.89. The second-order valence-electron chi connectivity index (χ2n) is 4.09. The fraction of sp³-hybridized carbons (Fsp3) is 0.417. The second kappa shape index (κ2) is 4.96. The summed E-state index contributed by atoms with van der Waals surface area (Å²) in [6, 6.07) is 3.89. The molecule has 0 saturated heterocycles. The van der Waals surface area contributed by atoms with Gasteiger partial charge in [0.05, 0.1) is 11.3 Å². The molecular formula is C12H16FNO2. The van der Waals surface area contributed by atoms with Crippen LogP contribution >= 0.6 is 0 Å².